The highest BCUT2D eigenvalue weighted by atomic mass is 32.2. The first-order valence-corrected chi connectivity index (χ1v) is 19.9. The van der Waals surface area contributed by atoms with E-state index in [1.807, 2.05) is 18.2 Å². The van der Waals surface area contributed by atoms with Crippen LogP contribution in [0.25, 0.3) is 10.8 Å². The quantitative estimate of drug-likeness (QED) is 0.0973. The molecule has 0 unspecified atom stereocenters. The highest BCUT2D eigenvalue weighted by molar-refractivity contribution is 7.85. The van der Waals surface area contributed by atoms with Crippen LogP contribution in [0.5, 0.6) is 0 Å². The molecular weight excluding hydrogens is 663 g/mol. The smallest absolute Gasteiger partial charge is 0.294 e. The lowest BCUT2D eigenvalue weighted by Crippen LogP contribution is -2.22. The van der Waals surface area contributed by atoms with Crippen LogP contribution in [0.2, 0.25) is 0 Å². The van der Waals surface area contributed by atoms with Gasteiger partial charge in [-0.2, -0.15) is 8.42 Å². The molecule has 1 aliphatic rings. The summed E-state index contributed by atoms with van der Waals surface area (Å²) in [6, 6.07) is 48.1. The van der Waals surface area contributed by atoms with Crippen molar-refractivity contribution in [3.8, 4) is 0 Å². The maximum absolute atomic E-state index is 12.4. The molecular formula is C45H47N3O3S. The molecule has 52 heavy (non-hydrogen) atoms. The van der Waals surface area contributed by atoms with Gasteiger partial charge in [-0.05, 0) is 115 Å². The zero-order valence-corrected chi connectivity index (χ0v) is 30.8. The van der Waals surface area contributed by atoms with Crippen molar-refractivity contribution in [2.45, 2.75) is 62.8 Å². The highest BCUT2D eigenvalue weighted by Gasteiger charge is 2.24. The minimum atomic E-state index is -4.40. The normalized spacial score (nSPS) is 13.7. The third-order valence-corrected chi connectivity index (χ3v) is 11.3. The Kier molecular flexibility index (Phi) is 10.6. The summed E-state index contributed by atoms with van der Waals surface area (Å²) in [5, 5.41) is 5.48. The van der Waals surface area contributed by atoms with Crippen LogP contribution in [0.15, 0.2) is 144 Å². The fourth-order valence-electron chi connectivity index (χ4n) is 7.84. The Morgan fingerprint density at radius 1 is 0.615 bits per heavy atom. The zero-order chi connectivity index (χ0) is 36.1. The van der Waals surface area contributed by atoms with Gasteiger partial charge in [0.25, 0.3) is 10.1 Å². The van der Waals surface area contributed by atoms with Gasteiger partial charge in [0.1, 0.15) is 0 Å². The maximum atomic E-state index is 12.4. The predicted molar refractivity (Wildman–Crippen MR) is 216 cm³/mol. The Morgan fingerprint density at radius 3 is 1.60 bits per heavy atom. The van der Waals surface area contributed by atoms with Crippen molar-refractivity contribution in [2.75, 3.05) is 28.2 Å². The lowest BCUT2D eigenvalue weighted by Gasteiger charge is -2.28. The maximum Gasteiger partial charge on any atom is 0.294 e. The molecule has 6 aromatic carbocycles. The molecule has 0 bridgehead atoms. The first-order valence-electron chi connectivity index (χ1n) is 18.5. The molecule has 2 N–H and O–H groups in total. The van der Waals surface area contributed by atoms with Crippen LogP contribution in [-0.2, 0) is 10.1 Å². The number of hydrogen-bond donors (Lipinski definition) is 2. The third-order valence-electron chi connectivity index (χ3n) is 10.4. The molecule has 6 nitrogen and oxygen atoms in total. The second-order valence-electron chi connectivity index (χ2n) is 13.6. The second-order valence-corrected chi connectivity index (χ2v) is 15.1. The topological polar surface area (TPSA) is 72.9 Å². The van der Waals surface area contributed by atoms with Gasteiger partial charge in [-0.25, -0.2) is 0 Å². The molecule has 0 heterocycles. The number of benzene rings is 6. The van der Waals surface area contributed by atoms with Crippen LogP contribution in [0.3, 0.4) is 0 Å². The van der Waals surface area contributed by atoms with Crippen LogP contribution < -0.4 is 15.1 Å². The lowest BCUT2D eigenvalue weighted by atomic mass is 9.82. The molecule has 266 valence electrons. The van der Waals surface area contributed by atoms with E-state index >= 15 is 0 Å². The number of nitrogens with one attached hydrogen (secondary N) is 1. The van der Waals surface area contributed by atoms with Crippen LogP contribution in [0.4, 0.5) is 28.4 Å². The summed E-state index contributed by atoms with van der Waals surface area (Å²) >= 11 is 0. The fourth-order valence-corrected chi connectivity index (χ4v) is 8.35. The van der Waals surface area contributed by atoms with E-state index in [4.69, 9.17) is 0 Å². The van der Waals surface area contributed by atoms with Crippen LogP contribution in [0, 0.1) is 0 Å². The molecule has 7 heteroatoms. The number of anilines is 5. The first-order chi connectivity index (χ1) is 25.3. The van der Waals surface area contributed by atoms with E-state index in [0.29, 0.717) is 6.04 Å². The monoisotopic (exact) mass is 709 g/mol. The van der Waals surface area contributed by atoms with Crippen molar-refractivity contribution in [3.05, 3.63) is 156 Å². The van der Waals surface area contributed by atoms with E-state index in [1.165, 1.54) is 25.3 Å². The van der Waals surface area contributed by atoms with Crippen molar-refractivity contribution in [1.82, 2.24) is 0 Å². The summed E-state index contributed by atoms with van der Waals surface area (Å²) in [5.41, 5.74) is 8.73. The van der Waals surface area contributed by atoms with Gasteiger partial charge in [0.05, 0.1) is 4.90 Å². The standard InChI is InChI=1S/C45H47N3O3S/c1-3-47(36-16-10-6-11-17-36)38-24-20-33(21-25-38)45(34-22-26-39(27-23-34)48(4-2)37-18-12-7-13-19-37)42-30-31-44(46-35-14-8-5-9-15-35)43-32-40(52(49,50)51)28-29-41(42)43/h6-7,10-13,16-32,35,45-46H,3-5,8-9,14-15H2,1-2H3,(H,49,50,51). The van der Waals surface area contributed by atoms with Crippen LogP contribution in [-0.4, -0.2) is 32.1 Å². The number of nitrogens with zero attached hydrogens (tertiary/aromatic N) is 2. The molecule has 7 rings (SSSR count). The Hall–Kier alpha value is -5.11. The van der Waals surface area contributed by atoms with Crippen LogP contribution >= 0.6 is 0 Å². The Morgan fingerprint density at radius 2 is 1.12 bits per heavy atom. The summed E-state index contributed by atoms with van der Waals surface area (Å²) in [7, 11) is -4.40. The molecule has 6 aromatic rings. The van der Waals surface area contributed by atoms with Crippen molar-refractivity contribution in [1.29, 1.82) is 0 Å². The van der Waals surface area contributed by atoms with Crippen molar-refractivity contribution < 1.29 is 13.0 Å². The minimum absolute atomic E-state index is 0.102. The Bertz CT molecular complexity index is 2110. The van der Waals surface area contributed by atoms with Gasteiger partial charge < -0.3 is 15.1 Å². The molecule has 0 spiro atoms. The number of rotatable bonds is 12. The zero-order valence-electron chi connectivity index (χ0n) is 29.9. The number of para-hydroxylation sites is 2. The van der Waals surface area contributed by atoms with E-state index in [-0.39, 0.29) is 10.8 Å². The summed E-state index contributed by atoms with van der Waals surface area (Å²) < 4.78 is 34.9. The van der Waals surface area contributed by atoms with Gasteiger partial charge in [0, 0.05) is 58.9 Å². The Labute approximate surface area is 308 Å². The highest BCUT2D eigenvalue weighted by Crippen LogP contribution is 2.41. The first kappa shape index (κ1) is 35.3. The largest absolute Gasteiger partial charge is 0.382 e. The summed E-state index contributed by atoms with van der Waals surface area (Å²) in [6.45, 7) is 5.99. The molecule has 0 saturated heterocycles. The van der Waals surface area contributed by atoms with E-state index in [0.717, 1.165) is 81.8 Å². The molecule has 1 aliphatic carbocycles. The van der Waals surface area contributed by atoms with Crippen molar-refractivity contribution in [2.24, 2.45) is 0 Å². The van der Waals surface area contributed by atoms with Crippen LogP contribution in [0.1, 0.15) is 68.6 Å². The number of hydrogen-bond acceptors (Lipinski definition) is 5. The molecule has 0 atom stereocenters. The molecule has 0 aliphatic heterocycles. The average Bonchev–Trinajstić information content (AvgIpc) is 3.18. The molecule has 1 saturated carbocycles. The van der Waals surface area contributed by atoms with Crippen molar-refractivity contribution in [3.63, 3.8) is 0 Å². The minimum Gasteiger partial charge on any atom is -0.382 e. The van der Waals surface area contributed by atoms with Gasteiger partial charge in [0.15, 0.2) is 0 Å². The van der Waals surface area contributed by atoms with E-state index in [1.54, 1.807) is 6.07 Å². The summed E-state index contributed by atoms with van der Waals surface area (Å²) in [5.74, 6) is -0.149. The van der Waals surface area contributed by atoms with Gasteiger partial charge in [-0.3, -0.25) is 4.55 Å². The molecule has 0 amide bonds. The summed E-state index contributed by atoms with van der Waals surface area (Å²) in [4.78, 5) is 4.50. The van der Waals surface area contributed by atoms with Gasteiger partial charge >= 0.3 is 0 Å². The SMILES string of the molecule is CCN(c1ccccc1)c1ccc(C(c2ccc(N(CC)c3ccccc3)cc2)c2ccc(NC3CCCCC3)c3cc(S(=O)(=O)O)ccc23)cc1. The average molecular weight is 710 g/mol. The van der Waals surface area contributed by atoms with E-state index in [9.17, 15) is 13.0 Å². The van der Waals surface area contributed by atoms with Gasteiger partial charge in [-0.1, -0.05) is 92.1 Å². The van der Waals surface area contributed by atoms with Crippen molar-refractivity contribution >= 4 is 49.3 Å². The third kappa shape index (κ3) is 7.57. The Balaban J connectivity index is 1.36. The molecule has 0 aromatic heterocycles. The fraction of sp³-hybridized carbons (Fsp3) is 0.244. The summed E-state index contributed by atoms with van der Waals surface area (Å²) in [6.07, 6.45) is 5.76. The van der Waals surface area contributed by atoms with E-state index < -0.39 is 10.1 Å². The van der Waals surface area contributed by atoms with Gasteiger partial charge in [-0.15, -0.1) is 0 Å². The molecule has 0 radical (unpaired) electrons. The predicted octanol–water partition coefficient (Wildman–Crippen LogP) is 11.3. The van der Waals surface area contributed by atoms with Gasteiger partial charge in [0.2, 0.25) is 0 Å². The number of fused-ring (bicyclic) bond motifs is 1. The molecule has 1 fully saturated rings. The lowest BCUT2D eigenvalue weighted by molar-refractivity contribution is 0.463. The van der Waals surface area contributed by atoms with E-state index in [2.05, 4.69) is 138 Å². The second kappa shape index (κ2) is 15.6.